The number of nitrogens with zero attached hydrogens (tertiary/aromatic N) is 2. The summed E-state index contributed by atoms with van der Waals surface area (Å²) < 4.78 is 2.63. The van der Waals surface area contributed by atoms with E-state index in [4.69, 9.17) is 0 Å². The number of anilines is 7. The zero-order valence-electron chi connectivity index (χ0n) is 47.6. The smallest absolute Gasteiger partial charge is 0.333 e. The largest absolute Gasteiger partial charge is 0.376 e. The summed E-state index contributed by atoms with van der Waals surface area (Å²) in [6.45, 7) is 21.4. The molecule has 80 heavy (non-hydrogen) atoms. The average Bonchev–Trinajstić information content (AvgIpc) is 3.97. The molecule has 0 amide bonds. The summed E-state index contributed by atoms with van der Waals surface area (Å²) in [5, 5.41) is 6.86. The number of hydrogen-bond acceptors (Lipinski definition) is 4. The van der Waals surface area contributed by atoms with Gasteiger partial charge in [0, 0.05) is 76.5 Å². The molecule has 1 aliphatic carbocycles. The molecule has 2 aliphatic heterocycles. The minimum Gasteiger partial charge on any atom is -0.376 e. The number of para-hydroxylation sites is 1. The summed E-state index contributed by atoms with van der Waals surface area (Å²) in [6.07, 6.45) is 2.38. The first-order chi connectivity index (χ1) is 38.5. The van der Waals surface area contributed by atoms with E-state index in [1.807, 2.05) is 11.3 Å². The molecular formula is C75H68BN3S. The van der Waals surface area contributed by atoms with Crippen LogP contribution >= 0.6 is 11.3 Å². The van der Waals surface area contributed by atoms with Gasteiger partial charge in [-0.25, -0.2) is 0 Å². The fourth-order valence-corrected chi connectivity index (χ4v) is 14.9. The minimum atomic E-state index is -0.342. The van der Waals surface area contributed by atoms with Crippen molar-refractivity contribution in [3.63, 3.8) is 0 Å². The summed E-state index contributed by atoms with van der Waals surface area (Å²) in [6, 6.07) is 82.6. The normalized spacial score (nSPS) is 15.0. The highest BCUT2D eigenvalue weighted by molar-refractivity contribution is 7.26. The van der Waals surface area contributed by atoms with E-state index in [1.165, 1.54) is 122 Å². The molecule has 0 saturated heterocycles. The first-order valence-electron chi connectivity index (χ1n) is 28.7. The van der Waals surface area contributed by atoms with Crippen LogP contribution in [-0.2, 0) is 21.7 Å². The van der Waals surface area contributed by atoms with E-state index in [2.05, 4.69) is 296 Å². The van der Waals surface area contributed by atoms with Crippen molar-refractivity contribution in [2.45, 2.75) is 96.8 Å². The second kappa shape index (κ2) is 18.5. The van der Waals surface area contributed by atoms with Gasteiger partial charge in [0.2, 0.25) is 0 Å². The lowest BCUT2D eigenvalue weighted by Crippen LogP contribution is -2.60. The first kappa shape index (κ1) is 50.1. The average molecular weight is 1050 g/mol. The monoisotopic (exact) mass is 1050 g/mol. The van der Waals surface area contributed by atoms with Crippen LogP contribution in [0.25, 0.3) is 53.6 Å². The summed E-state index contributed by atoms with van der Waals surface area (Å²) in [4.78, 5) is 5.13. The predicted octanol–water partition coefficient (Wildman–Crippen LogP) is 19.8. The van der Waals surface area contributed by atoms with Gasteiger partial charge in [-0.1, -0.05) is 220 Å². The standard InChI is InChI=1S/C75H68BN3S/c1-72(2,3)52-31-38-55(39-32-52)78(54-34-27-50(28-35-54)48-19-12-10-13-20-48)57-40-41-59-66(46-57)79(56-36-29-51(30-37-56)49-21-14-11-15-22-49)76-64-25-18-24-62(75(8,9)53-33-42-61-63(45-53)74(6,7)44-43-73(61,4)5)70(64)77-65-47-60-58-23-16-17-26-67(58)80-71(60)68(59)69(65)76/h10-42,45-47,77H,43-44H2,1-9H3. The van der Waals surface area contributed by atoms with Gasteiger partial charge in [0.1, 0.15) is 0 Å². The van der Waals surface area contributed by atoms with E-state index in [-0.39, 0.29) is 28.5 Å². The molecule has 3 nitrogen and oxygen atoms in total. The lowest BCUT2D eigenvalue weighted by molar-refractivity contribution is 0.331. The Hall–Kier alpha value is -8.12. The molecule has 0 atom stereocenters. The van der Waals surface area contributed by atoms with Crippen molar-refractivity contribution in [1.29, 1.82) is 0 Å². The molecule has 10 aromatic carbocycles. The number of thiophene rings is 1. The van der Waals surface area contributed by atoms with E-state index in [0.717, 1.165) is 22.7 Å². The van der Waals surface area contributed by atoms with Crippen molar-refractivity contribution in [1.82, 2.24) is 0 Å². The van der Waals surface area contributed by atoms with Gasteiger partial charge in [0.15, 0.2) is 0 Å². The topological polar surface area (TPSA) is 18.5 Å². The zero-order valence-corrected chi connectivity index (χ0v) is 48.4. The molecule has 0 radical (unpaired) electrons. The Bertz CT molecular complexity index is 4200. The third-order valence-electron chi connectivity index (χ3n) is 18.4. The van der Waals surface area contributed by atoms with Crippen molar-refractivity contribution in [2.24, 2.45) is 0 Å². The fourth-order valence-electron chi connectivity index (χ4n) is 13.6. The molecule has 3 heterocycles. The molecule has 0 spiro atoms. The van der Waals surface area contributed by atoms with Gasteiger partial charge in [-0.3, -0.25) is 0 Å². The summed E-state index contributed by atoms with van der Waals surface area (Å²) in [5.74, 6) is 0. The quantitative estimate of drug-likeness (QED) is 0.153. The van der Waals surface area contributed by atoms with Crippen LogP contribution in [0.4, 0.5) is 39.8 Å². The lowest BCUT2D eigenvalue weighted by atomic mass is 9.43. The second-order valence-electron chi connectivity index (χ2n) is 25.7. The highest BCUT2D eigenvalue weighted by Crippen LogP contribution is 2.53. The van der Waals surface area contributed by atoms with Gasteiger partial charge in [0.25, 0.3) is 0 Å². The lowest BCUT2D eigenvalue weighted by Gasteiger charge is -2.45. The van der Waals surface area contributed by atoms with Gasteiger partial charge >= 0.3 is 6.85 Å². The van der Waals surface area contributed by atoms with Gasteiger partial charge in [-0.05, 0) is 151 Å². The SMILES string of the molecule is CC(C)(C)c1ccc(N(c2ccc(-c3ccccc3)cc2)c2ccc3c(c2)N(c2ccc(-c4ccccc4)cc2)B2c4cccc(C(C)(C)c5ccc6c(c5)C(C)(C)CCC6(C)C)c4Nc4cc5c(sc6ccccc65)c-3c42)cc1. The van der Waals surface area contributed by atoms with Crippen LogP contribution in [0, 0.1) is 0 Å². The minimum absolute atomic E-state index is 0.0160. The summed E-state index contributed by atoms with van der Waals surface area (Å²) in [7, 11) is 0. The Morgan fingerprint density at radius 3 is 1.75 bits per heavy atom. The van der Waals surface area contributed by atoms with Gasteiger partial charge in [-0.15, -0.1) is 11.3 Å². The van der Waals surface area contributed by atoms with Crippen LogP contribution in [0.5, 0.6) is 0 Å². The Morgan fingerprint density at radius 2 is 1.09 bits per heavy atom. The summed E-state index contributed by atoms with van der Waals surface area (Å²) in [5.41, 5.74) is 24.8. The summed E-state index contributed by atoms with van der Waals surface area (Å²) >= 11 is 1.93. The van der Waals surface area contributed by atoms with Crippen molar-refractivity contribution in [3.8, 4) is 33.4 Å². The number of hydrogen-bond donors (Lipinski definition) is 1. The Labute approximate surface area is 477 Å². The van der Waals surface area contributed by atoms with Crippen LogP contribution in [0.15, 0.2) is 218 Å². The number of benzene rings is 10. The van der Waals surface area contributed by atoms with Gasteiger partial charge < -0.3 is 15.0 Å². The van der Waals surface area contributed by atoms with E-state index < -0.39 is 0 Å². The molecule has 1 aromatic heterocycles. The zero-order chi connectivity index (χ0) is 54.9. The molecule has 0 bridgehead atoms. The number of fused-ring (bicyclic) bond motifs is 9. The van der Waals surface area contributed by atoms with Crippen LogP contribution in [-0.4, -0.2) is 6.85 Å². The third-order valence-corrected chi connectivity index (χ3v) is 19.6. The molecular weight excluding hydrogens is 986 g/mol. The maximum atomic E-state index is 4.27. The highest BCUT2D eigenvalue weighted by Gasteiger charge is 2.46. The molecule has 1 N–H and O–H groups in total. The van der Waals surface area contributed by atoms with Crippen LogP contribution in [0.3, 0.4) is 0 Å². The van der Waals surface area contributed by atoms with E-state index in [1.54, 1.807) is 0 Å². The van der Waals surface area contributed by atoms with Crippen LogP contribution < -0.4 is 26.0 Å². The highest BCUT2D eigenvalue weighted by atomic mass is 32.1. The van der Waals surface area contributed by atoms with Gasteiger partial charge in [0.05, 0.1) is 0 Å². The fraction of sp³-hybridized carbons (Fsp3) is 0.200. The predicted molar refractivity (Wildman–Crippen MR) is 346 cm³/mol. The molecule has 0 saturated carbocycles. The molecule has 5 heteroatoms. The molecule has 14 rings (SSSR count). The maximum absolute atomic E-state index is 4.27. The molecule has 11 aromatic rings. The van der Waals surface area contributed by atoms with Crippen molar-refractivity contribution in [2.75, 3.05) is 15.0 Å². The second-order valence-corrected chi connectivity index (χ2v) is 26.7. The number of rotatable bonds is 8. The maximum Gasteiger partial charge on any atom is 0.333 e. The molecule has 3 aliphatic rings. The first-order valence-corrected chi connectivity index (χ1v) is 29.5. The van der Waals surface area contributed by atoms with E-state index in [0.29, 0.717) is 0 Å². The number of nitrogens with one attached hydrogen (secondary N) is 1. The van der Waals surface area contributed by atoms with Crippen LogP contribution in [0.1, 0.15) is 103 Å². The third kappa shape index (κ3) is 8.14. The van der Waals surface area contributed by atoms with Gasteiger partial charge in [-0.2, -0.15) is 0 Å². The molecule has 0 fully saturated rings. The Balaban J connectivity index is 1.02. The molecule has 0 unspecified atom stereocenters. The Morgan fingerprint density at radius 1 is 0.512 bits per heavy atom. The van der Waals surface area contributed by atoms with Crippen LogP contribution in [0.2, 0.25) is 0 Å². The van der Waals surface area contributed by atoms with Crippen molar-refractivity contribution >= 4 is 89.1 Å². The molecule has 392 valence electrons. The Kier molecular flexibility index (Phi) is 11.6. The van der Waals surface area contributed by atoms with E-state index >= 15 is 0 Å². The van der Waals surface area contributed by atoms with Crippen molar-refractivity contribution < 1.29 is 0 Å². The van der Waals surface area contributed by atoms with E-state index in [9.17, 15) is 0 Å². The van der Waals surface area contributed by atoms with Crippen molar-refractivity contribution in [3.05, 3.63) is 246 Å².